The highest BCUT2D eigenvalue weighted by Gasteiger charge is 2.11. The van der Waals surface area contributed by atoms with Crippen LogP contribution in [0.15, 0.2) is 91.1 Å². The zero-order valence-corrected chi connectivity index (χ0v) is 16.3. The number of aromatic nitrogens is 1. The summed E-state index contributed by atoms with van der Waals surface area (Å²) >= 11 is 1.16. The van der Waals surface area contributed by atoms with Gasteiger partial charge in [0.2, 0.25) is 0 Å². The van der Waals surface area contributed by atoms with Gasteiger partial charge in [0.1, 0.15) is 9.88 Å². The van der Waals surface area contributed by atoms with Crippen LogP contribution < -0.4 is 4.90 Å². The summed E-state index contributed by atoms with van der Waals surface area (Å²) in [7, 11) is 0. The monoisotopic (exact) mass is 398 g/mol. The molecule has 3 aromatic carbocycles. The average Bonchev–Trinajstić information content (AvgIpc) is 3.25. The molecule has 1 N–H and O–H groups in total. The fraction of sp³-hybridized carbons (Fsp3) is 0. The largest absolute Gasteiger partial charge is 0.477 e. The van der Waals surface area contributed by atoms with Gasteiger partial charge in [-0.1, -0.05) is 54.6 Å². The molecule has 0 spiro atoms. The molecule has 0 aliphatic heterocycles. The molecule has 0 bridgehead atoms. The van der Waals surface area contributed by atoms with Gasteiger partial charge < -0.3 is 10.0 Å². The van der Waals surface area contributed by atoms with Crippen molar-refractivity contribution in [2.75, 3.05) is 4.90 Å². The maximum atomic E-state index is 11.0. The molecule has 142 valence electrons. The Morgan fingerprint density at radius 3 is 1.86 bits per heavy atom. The van der Waals surface area contributed by atoms with E-state index in [9.17, 15) is 4.79 Å². The highest BCUT2D eigenvalue weighted by Crippen LogP contribution is 2.34. The van der Waals surface area contributed by atoms with E-state index in [1.165, 1.54) is 6.20 Å². The maximum absolute atomic E-state index is 11.0. The number of hydrogen-bond acceptors (Lipinski definition) is 4. The molecular formula is C24H18N2O2S. The summed E-state index contributed by atoms with van der Waals surface area (Å²) in [6.45, 7) is 0. The van der Waals surface area contributed by atoms with Crippen LogP contribution in [0, 0.1) is 0 Å². The van der Waals surface area contributed by atoms with Crippen molar-refractivity contribution in [1.29, 1.82) is 0 Å². The first-order valence-electron chi connectivity index (χ1n) is 9.08. The Balaban J connectivity index is 1.60. The number of benzene rings is 3. The molecule has 0 amide bonds. The Kier molecular flexibility index (Phi) is 5.49. The highest BCUT2D eigenvalue weighted by atomic mass is 32.1. The minimum atomic E-state index is -0.951. The highest BCUT2D eigenvalue weighted by molar-refractivity contribution is 7.14. The van der Waals surface area contributed by atoms with Crippen LogP contribution in [0.4, 0.5) is 17.1 Å². The first kappa shape index (κ1) is 18.7. The lowest BCUT2D eigenvalue weighted by Gasteiger charge is -2.25. The van der Waals surface area contributed by atoms with Gasteiger partial charge in [-0.15, -0.1) is 11.3 Å². The number of rotatable bonds is 6. The Labute approximate surface area is 173 Å². The molecule has 29 heavy (non-hydrogen) atoms. The van der Waals surface area contributed by atoms with Crippen molar-refractivity contribution >= 4 is 46.5 Å². The number of nitrogens with zero attached hydrogens (tertiary/aromatic N) is 2. The van der Waals surface area contributed by atoms with Gasteiger partial charge >= 0.3 is 5.97 Å². The third kappa shape index (κ3) is 4.42. The molecule has 1 heterocycles. The Bertz CT molecular complexity index is 1080. The van der Waals surface area contributed by atoms with E-state index in [0.29, 0.717) is 5.01 Å². The van der Waals surface area contributed by atoms with Crippen molar-refractivity contribution in [2.24, 2.45) is 0 Å². The third-order valence-electron chi connectivity index (χ3n) is 4.33. The van der Waals surface area contributed by atoms with E-state index in [-0.39, 0.29) is 4.88 Å². The molecule has 0 saturated heterocycles. The van der Waals surface area contributed by atoms with E-state index in [1.807, 2.05) is 60.7 Å². The lowest BCUT2D eigenvalue weighted by molar-refractivity contribution is 0.0702. The second-order valence-corrected chi connectivity index (χ2v) is 7.36. The summed E-state index contributed by atoms with van der Waals surface area (Å²) in [6, 6.07) is 28.7. The number of thiazole rings is 1. The summed E-state index contributed by atoms with van der Waals surface area (Å²) in [5.74, 6) is -0.951. The van der Waals surface area contributed by atoms with Crippen LogP contribution in [0.5, 0.6) is 0 Å². The van der Waals surface area contributed by atoms with Gasteiger partial charge in [0.25, 0.3) is 0 Å². The molecule has 4 rings (SSSR count). The molecule has 1 aromatic heterocycles. The van der Waals surface area contributed by atoms with Crippen LogP contribution in [0.25, 0.3) is 12.2 Å². The zero-order valence-electron chi connectivity index (χ0n) is 15.5. The number of aromatic carboxylic acids is 1. The third-order valence-corrected chi connectivity index (χ3v) is 5.28. The van der Waals surface area contributed by atoms with Crippen LogP contribution in [0.1, 0.15) is 20.2 Å². The number of carbonyl (C=O) groups is 1. The Hall–Kier alpha value is -3.70. The first-order chi connectivity index (χ1) is 14.2. The number of carboxylic acid groups (broad SMARTS) is 1. The van der Waals surface area contributed by atoms with E-state index in [0.717, 1.165) is 34.0 Å². The smallest absolute Gasteiger partial charge is 0.347 e. The van der Waals surface area contributed by atoms with E-state index in [1.54, 1.807) is 0 Å². The van der Waals surface area contributed by atoms with Crippen molar-refractivity contribution in [3.05, 3.63) is 107 Å². The average molecular weight is 398 g/mol. The van der Waals surface area contributed by atoms with Gasteiger partial charge in [-0.05, 0) is 48.0 Å². The zero-order chi connectivity index (χ0) is 20.1. The molecule has 0 aliphatic carbocycles. The van der Waals surface area contributed by atoms with Crippen LogP contribution >= 0.6 is 11.3 Å². The summed E-state index contributed by atoms with van der Waals surface area (Å²) in [4.78, 5) is 17.5. The molecule has 0 fully saturated rings. The van der Waals surface area contributed by atoms with Crippen LogP contribution in [-0.4, -0.2) is 16.1 Å². The van der Waals surface area contributed by atoms with E-state index in [4.69, 9.17) is 5.11 Å². The molecule has 0 radical (unpaired) electrons. The number of carboxylic acids is 1. The second-order valence-electron chi connectivity index (χ2n) is 6.30. The minimum Gasteiger partial charge on any atom is -0.477 e. The maximum Gasteiger partial charge on any atom is 0.347 e. The summed E-state index contributed by atoms with van der Waals surface area (Å²) < 4.78 is 0. The molecule has 0 aliphatic rings. The van der Waals surface area contributed by atoms with Crippen molar-refractivity contribution in [3.8, 4) is 0 Å². The van der Waals surface area contributed by atoms with Crippen LogP contribution in [-0.2, 0) is 0 Å². The van der Waals surface area contributed by atoms with Gasteiger partial charge in [-0.2, -0.15) is 0 Å². The fourth-order valence-electron chi connectivity index (χ4n) is 2.97. The van der Waals surface area contributed by atoms with Crippen molar-refractivity contribution in [3.63, 3.8) is 0 Å². The van der Waals surface area contributed by atoms with Gasteiger partial charge in [-0.3, -0.25) is 0 Å². The molecule has 0 saturated carbocycles. The lowest BCUT2D eigenvalue weighted by atomic mass is 10.1. The Morgan fingerprint density at radius 1 is 0.793 bits per heavy atom. The predicted octanol–water partition coefficient (Wildman–Crippen LogP) is 6.48. The quantitative estimate of drug-likeness (QED) is 0.404. The molecule has 0 unspecified atom stereocenters. The van der Waals surface area contributed by atoms with Gasteiger partial charge in [-0.25, -0.2) is 9.78 Å². The second kappa shape index (κ2) is 8.54. The van der Waals surface area contributed by atoms with Crippen molar-refractivity contribution < 1.29 is 9.90 Å². The fourth-order valence-corrected chi connectivity index (χ4v) is 3.63. The number of para-hydroxylation sites is 2. The molecular weight excluding hydrogens is 380 g/mol. The van der Waals surface area contributed by atoms with E-state index >= 15 is 0 Å². The SMILES string of the molecule is O=C(O)c1cnc(/C=C/c2ccc(N(c3ccccc3)c3ccccc3)cc2)s1. The molecule has 0 atom stereocenters. The molecule has 4 aromatic rings. The number of hydrogen-bond donors (Lipinski definition) is 1. The predicted molar refractivity (Wildman–Crippen MR) is 119 cm³/mol. The summed E-state index contributed by atoms with van der Waals surface area (Å²) in [5, 5.41) is 9.66. The lowest BCUT2D eigenvalue weighted by Crippen LogP contribution is -2.09. The van der Waals surface area contributed by atoms with Gasteiger partial charge in [0.15, 0.2) is 0 Å². The first-order valence-corrected chi connectivity index (χ1v) is 9.90. The van der Waals surface area contributed by atoms with Crippen LogP contribution in [0.3, 0.4) is 0 Å². The van der Waals surface area contributed by atoms with Gasteiger partial charge in [0, 0.05) is 17.1 Å². The van der Waals surface area contributed by atoms with E-state index < -0.39 is 5.97 Å². The summed E-state index contributed by atoms with van der Waals surface area (Å²) in [5.41, 5.74) is 4.25. The van der Waals surface area contributed by atoms with Gasteiger partial charge in [0.05, 0.1) is 6.20 Å². The normalized spacial score (nSPS) is 10.9. The topological polar surface area (TPSA) is 53.4 Å². The Morgan fingerprint density at radius 2 is 1.34 bits per heavy atom. The van der Waals surface area contributed by atoms with Crippen LogP contribution in [0.2, 0.25) is 0 Å². The number of anilines is 3. The molecule has 5 heteroatoms. The van der Waals surface area contributed by atoms with Crippen molar-refractivity contribution in [2.45, 2.75) is 0 Å². The standard InChI is InChI=1S/C24H18N2O2S/c27-24(28)22-17-25-23(29-22)16-13-18-11-14-21(15-12-18)26(19-7-3-1-4-8-19)20-9-5-2-6-10-20/h1-17H,(H,27,28)/b16-13+. The van der Waals surface area contributed by atoms with Crippen molar-refractivity contribution in [1.82, 2.24) is 4.98 Å². The minimum absolute atomic E-state index is 0.237. The summed E-state index contributed by atoms with van der Waals surface area (Å²) in [6.07, 6.45) is 5.15. The molecule has 4 nitrogen and oxygen atoms in total. The van der Waals surface area contributed by atoms with E-state index in [2.05, 4.69) is 46.3 Å².